The van der Waals surface area contributed by atoms with Gasteiger partial charge in [-0.25, -0.2) is 8.42 Å². The van der Waals surface area contributed by atoms with Crippen LogP contribution in [0.3, 0.4) is 0 Å². The third-order valence-corrected chi connectivity index (χ3v) is 5.45. The van der Waals surface area contributed by atoms with Crippen LogP contribution in [-0.2, 0) is 16.6 Å². The molecule has 0 aromatic carbocycles. The third kappa shape index (κ3) is 3.00. The Labute approximate surface area is 114 Å². The van der Waals surface area contributed by atoms with E-state index in [1.807, 2.05) is 21.0 Å². The minimum Gasteiger partial charge on any atom is -0.363 e. The number of hydrogen-bond donors (Lipinski definition) is 2. The van der Waals surface area contributed by atoms with Crippen molar-refractivity contribution in [2.75, 3.05) is 33.7 Å². The average molecular weight is 286 g/mol. The summed E-state index contributed by atoms with van der Waals surface area (Å²) in [7, 11) is 0.462. The van der Waals surface area contributed by atoms with Gasteiger partial charge in [0.15, 0.2) is 0 Å². The molecular weight excluding hydrogens is 264 g/mol. The fraction of sp³-hybridized carbons (Fsp3) is 0.667. The van der Waals surface area contributed by atoms with Gasteiger partial charge in [-0.05, 0) is 27.1 Å². The molecule has 1 aliphatic heterocycles. The largest absolute Gasteiger partial charge is 0.363 e. The van der Waals surface area contributed by atoms with E-state index in [1.165, 1.54) is 0 Å². The lowest BCUT2D eigenvalue weighted by molar-refractivity contribution is 0.170. The van der Waals surface area contributed by atoms with Gasteiger partial charge in [0, 0.05) is 44.1 Å². The first-order valence-corrected chi connectivity index (χ1v) is 7.91. The summed E-state index contributed by atoms with van der Waals surface area (Å²) in [5, 5.41) is 3.00. The molecule has 2 heterocycles. The van der Waals surface area contributed by atoms with Crippen LogP contribution >= 0.6 is 0 Å². The van der Waals surface area contributed by atoms with Gasteiger partial charge in [0.05, 0.1) is 4.90 Å². The number of hydrogen-bond acceptors (Lipinski definition) is 4. The summed E-state index contributed by atoms with van der Waals surface area (Å²) in [6.07, 6.45) is 1.58. The lowest BCUT2D eigenvalue weighted by Gasteiger charge is -2.36. The lowest BCUT2D eigenvalue weighted by Crippen LogP contribution is -2.52. The molecule has 1 fully saturated rings. The van der Waals surface area contributed by atoms with Crippen molar-refractivity contribution in [3.05, 3.63) is 18.0 Å². The summed E-state index contributed by atoms with van der Waals surface area (Å²) < 4.78 is 26.8. The van der Waals surface area contributed by atoms with E-state index in [4.69, 9.17) is 0 Å². The number of nitrogens with one attached hydrogen (secondary N) is 2. The lowest BCUT2D eigenvalue weighted by atomic mass is 10.2. The van der Waals surface area contributed by atoms with Gasteiger partial charge >= 0.3 is 0 Å². The van der Waals surface area contributed by atoms with Crippen molar-refractivity contribution in [3.63, 3.8) is 0 Å². The Hall–Kier alpha value is -0.890. The van der Waals surface area contributed by atoms with Crippen molar-refractivity contribution in [1.82, 2.24) is 19.5 Å². The van der Waals surface area contributed by atoms with E-state index in [1.54, 1.807) is 16.6 Å². The van der Waals surface area contributed by atoms with Crippen LogP contribution in [0.5, 0.6) is 0 Å². The molecule has 0 bridgehead atoms. The average Bonchev–Trinajstić information content (AvgIpc) is 2.78. The van der Waals surface area contributed by atoms with Crippen molar-refractivity contribution in [2.24, 2.45) is 0 Å². The maximum atomic E-state index is 12.6. The predicted molar refractivity (Wildman–Crippen MR) is 74.4 cm³/mol. The van der Waals surface area contributed by atoms with Gasteiger partial charge in [-0.3, -0.25) is 0 Å². The van der Waals surface area contributed by atoms with E-state index >= 15 is 0 Å². The highest BCUT2D eigenvalue weighted by atomic mass is 32.2. The molecule has 1 saturated heterocycles. The Balaban J connectivity index is 2.21. The molecule has 1 aromatic heterocycles. The van der Waals surface area contributed by atoms with Crippen molar-refractivity contribution >= 4 is 10.0 Å². The molecule has 1 aliphatic rings. The molecule has 1 aromatic rings. The van der Waals surface area contributed by atoms with E-state index in [2.05, 4.69) is 15.2 Å². The molecule has 108 valence electrons. The standard InChI is InChI=1S/C12H22N4O2S/c1-10-9-15(3)4-5-16(10)19(17,18)12-6-11(7-13-2)14-8-12/h6,8,10,13-14H,4-5,7,9H2,1-3H3. The van der Waals surface area contributed by atoms with Crippen LogP contribution in [0.2, 0.25) is 0 Å². The molecule has 7 heteroatoms. The second-order valence-electron chi connectivity index (χ2n) is 5.12. The Morgan fingerprint density at radius 2 is 2.21 bits per heavy atom. The molecular formula is C12H22N4O2S. The number of sulfonamides is 1. The number of aromatic nitrogens is 1. The summed E-state index contributed by atoms with van der Waals surface area (Å²) in [6, 6.07) is 1.71. The summed E-state index contributed by atoms with van der Waals surface area (Å²) >= 11 is 0. The first-order chi connectivity index (χ1) is 8.95. The Kier molecular flexibility index (Phi) is 4.29. The zero-order valence-corrected chi connectivity index (χ0v) is 12.5. The van der Waals surface area contributed by atoms with Crippen molar-refractivity contribution < 1.29 is 8.42 Å². The van der Waals surface area contributed by atoms with E-state index in [-0.39, 0.29) is 6.04 Å². The number of rotatable bonds is 4. The first kappa shape index (κ1) is 14.5. The van der Waals surface area contributed by atoms with Crippen molar-refractivity contribution in [2.45, 2.75) is 24.4 Å². The normalized spacial score (nSPS) is 22.8. The molecule has 0 radical (unpaired) electrons. The van der Waals surface area contributed by atoms with E-state index in [9.17, 15) is 8.42 Å². The Morgan fingerprint density at radius 1 is 1.47 bits per heavy atom. The molecule has 2 rings (SSSR count). The molecule has 0 aliphatic carbocycles. The Bertz CT molecular complexity index is 526. The van der Waals surface area contributed by atoms with E-state index in [0.717, 1.165) is 18.8 Å². The highest BCUT2D eigenvalue weighted by molar-refractivity contribution is 7.89. The maximum absolute atomic E-state index is 12.6. The number of piperazine rings is 1. The smallest absolute Gasteiger partial charge is 0.244 e. The van der Waals surface area contributed by atoms with Crippen LogP contribution in [0.25, 0.3) is 0 Å². The molecule has 0 amide bonds. The second kappa shape index (κ2) is 5.62. The zero-order valence-electron chi connectivity index (χ0n) is 11.7. The van der Waals surface area contributed by atoms with Crippen LogP contribution < -0.4 is 5.32 Å². The highest BCUT2D eigenvalue weighted by Gasteiger charge is 2.33. The minimum atomic E-state index is -3.38. The quantitative estimate of drug-likeness (QED) is 0.821. The van der Waals surface area contributed by atoms with Gasteiger partial charge in [-0.15, -0.1) is 0 Å². The molecule has 0 spiro atoms. The fourth-order valence-corrected chi connectivity index (χ4v) is 4.11. The topological polar surface area (TPSA) is 68.4 Å². The van der Waals surface area contributed by atoms with Gasteiger partial charge in [0.25, 0.3) is 0 Å². The van der Waals surface area contributed by atoms with Gasteiger partial charge in [-0.1, -0.05) is 0 Å². The molecule has 19 heavy (non-hydrogen) atoms. The summed E-state index contributed by atoms with van der Waals surface area (Å²) in [6.45, 7) is 4.68. The summed E-state index contributed by atoms with van der Waals surface area (Å²) in [5.74, 6) is 0. The number of likely N-dealkylation sites (N-methyl/N-ethyl adjacent to an activating group) is 1. The molecule has 1 atom stereocenters. The summed E-state index contributed by atoms with van der Waals surface area (Å²) in [5.41, 5.74) is 0.878. The maximum Gasteiger partial charge on any atom is 0.244 e. The van der Waals surface area contributed by atoms with Crippen LogP contribution in [-0.4, -0.2) is 62.4 Å². The van der Waals surface area contributed by atoms with Crippen LogP contribution in [0.1, 0.15) is 12.6 Å². The SMILES string of the molecule is CNCc1cc(S(=O)(=O)N2CCN(C)CC2C)c[nH]1. The van der Waals surface area contributed by atoms with Crippen molar-refractivity contribution in [3.8, 4) is 0 Å². The molecule has 2 N–H and O–H groups in total. The molecule has 0 saturated carbocycles. The van der Waals surface area contributed by atoms with Crippen LogP contribution in [0, 0.1) is 0 Å². The van der Waals surface area contributed by atoms with Crippen LogP contribution in [0.15, 0.2) is 17.2 Å². The Morgan fingerprint density at radius 3 is 2.84 bits per heavy atom. The van der Waals surface area contributed by atoms with Crippen LogP contribution in [0.4, 0.5) is 0 Å². The zero-order chi connectivity index (χ0) is 14.0. The van der Waals surface area contributed by atoms with Crippen molar-refractivity contribution in [1.29, 1.82) is 0 Å². The minimum absolute atomic E-state index is 0.00593. The van der Waals surface area contributed by atoms with Gasteiger partial charge in [-0.2, -0.15) is 4.31 Å². The number of H-pyrrole nitrogens is 1. The molecule has 1 unspecified atom stereocenters. The van der Waals surface area contributed by atoms with Gasteiger partial charge < -0.3 is 15.2 Å². The highest BCUT2D eigenvalue weighted by Crippen LogP contribution is 2.21. The third-order valence-electron chi connectivity index (χ3n) is 3.46. The number of aromatic amines is 1. The summed E-state index contributed by atoms with van der Waals surface area (Å²) in [4.78, 5) is 5.51. The first-order valence-electron chi connectivity index (χ1n) is 6.47. The van der Waals surface area contributed by atoms with Gasteiger partial charge in [0.1, 0.15) is 0 Å². The predicted octanol–water partition coefficient (Wildman–Crippen LogP) is 0.0587. The monoisotopic (exact) mass is 286 g/mol. The van der Waals surface area contributed by atoms with Gasteiger partial charge in [0.2, 0.25) is 10.0 Å². The van der Waals surface area contributed by atoms with E-state index < -0.39 is 10.0 Å². The fourth-order valence-electron chi connectivity index (χ4n) is 2.48. The van der Waals surface area contributed by atoms with E-state index in [0.29, 0.717) is 18.0 Å². The second-order valence-corrected chi connectivity index (χ2v) is 7.01. The molecule has 6 nitrogen and oxygen atoms in total. The number of nitrogens with zero attached hydrogens (tertiary/aromatic N) is 2.